The first-order valence-electron chi connectivity index (χ1n) is 4.86. The molecule has 0 unspecified atom stereocenters. The Bertz CT molecular complexity index is 134. The van der Waals surface area contributed by atoms with Gasteiger partial charge >= 0.3 is 0 Å². The van der Waals surface area contributed by atoms with Gasteiger partial charge in [-0.25, -0.2) is 4.58 Å². The first-order valence-corrected chi connectivity index (χ1v) is 4.86. The van der Waals surface area contributed by atoms with E-state index in [1.54, 1.807) is 0 Å². The smallest absolute Gasteiger partial charge is 0.139 e. The summed E-state index contributed by atoms with van der Waals surface area (Å²) in [6.07, 6.45) is 9.50. The summed E-state index contributed by atoms with van der Waals surface area (Å²) in [5.41, 5.74) is 0. The molecule has 0 amide bonds. The minimum atomic E-state index is 1.07. The van der Waals surface area contributed by atoms with E-state index in [9.17, 15) is 0 Å². The molecular weight excluding hydrogens is 134 g/mol. The van der Waals surface area contributed by atoms with Gasteiger partial charge in [0.2, 0.25) is 0 Å². The molecule has 1 saturated carbocycles. The van der Waals surface area contributed by atoms with Gasteiger partial charge in [-0.15, -0.1) is 0 Å². The summed E-state index contributed by atoms with van der Waals surface area (Å²) in [5, 5.41) is 0. The lowest BCUT2D eigenvalue weighted by molar-refractivity contribution is -0.489. The van der Waals surface area contributed by atoms with Crippen LogP contribution in [0.25, 0.3) is 0 Å². The molecule has 0 radical (unpaired) electrons. The van der Waals surface area contributed by atoms with E-state index in [0.29, 0.717) is 0 Å². The van der Waals surface area contributed by atoms with E-state index in [2.05, 4.69) is 24.8 Å². The molecule has 0 bridgehead atoms. The van der Waals surface area contributed by atoms with E-state index in [1.165, 1.54) is 32.1 Å². The third-order valence-corrected chi connectivity index (χ3v) is 2.74. The van der Waals surface area contributed by atoms with Crippen LogP contribution in [0.4, 0.5) is 0 Å². The van der Waals surface area contributed by atoms with Gasteiger partial charge in [-0.1, -0.05) is 19.3 Å². The molecule has 11 heavy (non-hydrogen) atoms. The number of hydrogen-bond acceptors (Lipinski definition) is 0. The Balaban J connectivity index is 2.02. The Morgan fingerprint density at radius 2 is 2.18 bits per heavy atom. The lowest BCUT2D eigenvalue weighted by Crippen LogP contribution is -2.12. The van der Waals surface area contributed by atoms with Crippen molar-refractivity contribution in [1.82, 2.24) is 0 Å². The first kappa shape index (κ1) is 8.76. The SMILES string of the molecule is CC/[N+](C)=C\CCC1CCC1. The van der Waals surface area contributed by atoms with Crippen molar-refractivity contribution in [2.75, 3.05) is 13.6 Å². The molecule has 1 heteroatoms. The molecule has 64 valence electrons. The third-order valence-electron chi connectivity index (χ3n) is 2.74. The highest BCUT2D eigenvalue weighted by Crippen LogP contribution is 2.29. The van der Waals surface area contributed by atoms with Crippen molar-refractivity contribution in [2.24, 2.45) is 5.92 Å². The number of rotatable bonds is 4. The zero-order chi connectivity index (χ0) is 8.10. The minimum absolute atomic E-state index is 1.07. The summed E-state index contributed by atoms with van der Waals surface area (Å²) in [5.74, 6) is 1.07. The third kappa shape index (κ3) is 3.04. The van der Waals surface area contributed by atoms with Gasteiger partial charge in [0.25, 0.3) is 0 Å². The van der Waals surface area contributed by atoms with Crippen molar-refractivity contribution in [2.45, 2.75) is 39.0 Å². The maximum absolute atomic E-state index is 2.33. The van der Waals surface area contributed by atoms with Gasteiger partial charge in [-0.05, 0) is 19.3 Å². The van der Waals surface area contributed by atoms with Crippen LogP contribution in [-0.2, 0) is 0 Å². The average molecular weight is 154 g/mol. The fourth-order valence-corrected chi connectivity index (χ4v) is 1.44. The van der Waals surface area contributed by atoms with Crippen LogP contribution in [0.15, 0.2) is 0 Å². The van der Waals surface area contributed by atoms with Crippen LogP contribution in [0.2, 0.25) is 0 Å². The van der Waals surface area contributed by atoms with Crippen molar-refractivity contribution < 1.29 is 4.58 Å². The molecule has 0 aromatic rings. The first-order chi connectivity index (χ1) is 5.33. The molecule has 0 aromatic carbocycles. The molecule has 0 saturated heterocycles. The van der Waals surface area contributed by atoms with Crippen molar-refractivity contribution >= 4 is 6.21 Å². The fourth-order valence-electron chi connectivity index (χ4n) is 1.44. The zero-order valence-electron chi connectivity index (χ0n) is 7.84. The van der Waals surface area contributed by atoms with Gasteiger partial charge in [0.15, 0.2) is 0 Å². The predicted octanol–water partition coefficient (Wildman–Crippen LogP) is 2.30. The molecule has 0 heterocycles. The predicted molar refractivity (Wildman–Crippen MR) is 49.4 cm³/mol. The lowest BCUT2D eigenvalue weighted by atomic mass is 9.82. The van der Waals surface area contributed by atoms with Crippen LogP contribution in [0.3, 0.4) is 0 Å². The van der Waals surface area contributed by atoms with Crippen LogP contribution < -0.4 is 0 Å². The summed E-state index contributed by atoms with van der Waals surface area (Å²) in [4.78, 5) is 0. The second-order valence-corrected chi connectivity index (χ2v) is 3.63. The van der Waals surface area contributed by atoms with Crippen molar-refractivity contribution in [1.29, 1.82) is 0 Å². The molecular formula is C10H20N+. The van der Waals surface area contributed by atoms with Crippen LogP contribution in [-0.4, -0.2) is 24.4 Å². The van der Waals surface area contributed by atoms with Crippen molar-refractivity contribution in [3.63, 3.8) is 0 Å². The van der Waals surface area contributed by atoms with Crippen molar-refractivity contribution in [3.05, 3.63) is 0 Å². The molecule has 0 spiro atoms. The molecule has 1 nitrogen and oxygen atoms in total. The summed E-state index contributed by atoms with van der Waals surface area (Å²) < 4.78 is 2.28. The Hall–Kier alpha value is -0.330. The van der Waals surface area contributed by atoms with Crippen molar-refractivity contribution in [3.8, 4) is 0 Å². The normalized spacial score (nSPS) is 20.0. The standard InChI is InChI=1S/C10H20N/c1-3-11(2)9-5-8-10-6-4-7-10/h9-10H,3-8H2,1-2H3/q+1/b11-9-. The zero-order valence-corrected chi connectivity index (χ0v) is 7.84. The Kier molecular flexibility index (Phi) is 3.61. The van der Waals surface area contributed by atoms with Gasteiger partial charge in [-0.3, -0.25) is 0 Å². The van der Waals surface area contributed by atoms with Gasteiger partial charge in [0, 0.05) is 6.42 Å². The maximum atomic E-state index is 2.33. The molecule has 0 atom stereocenters. The number of hydrogen-bond donors (Lipinski definition) is 0. The summed E-state index contributed by atoms with van der Waals surface area (Å²) >= 11 is 0. The molecule has 1 aliphatic carbocycles. The molecule has 0 aromatic heterocycles. The highest BCUT2D eigenvalue weighted by molar-refractivity contribution is 5.50. The van der Waals surface area contributed by atoms with Gasteiger partial charge in [-0.2, -0.15) is 0 Å². The average Bonchev–Trinajstić information content (AvgIpc) is 1.94. The van der Waals surface area contributed by atoms with Crippen LogP contribution in [0, 0.1) is 5.92 Å². The molecule has 0 N–H and O–H groups in total. The largest absolute Gasteiger partial charge is 0.243 e. The second-order valence-electron chi connectivity index (χ2n) is 3.63. The summed E-state index contributed by atoms with van der Waals surface area (Å²) in [6.45, 7) is 3.34. The van der Waals surface area contributed by atoms with Crippen LogP contribution in [0.5, 0.6) is 0 Å². The number of nitrogens with zero attached hydrogens (tertiary/aromatic N) is 1. The van der Waals surface area contributed by atoms with E-state index < -0.39 is 0 Å². The monoisotopic (exact) mass is 154 g/mol. The fraction of sp³-hybridized carbons (Fsp3) is 0.900. The van der Waals surface area contributed by atoms with Gasteiger partial charge in [0.05, 0.1) is 0 Å². The Morgan fingerprint density at radius 3 is 2.64 bits per heavy atom. The molecule has 1 fully saturated rings. The Morgan fingerprint density at radius 1 is 1.45 bits per heavy atom. The molecule has 1 aliphatic rings. The van der Waals surface area contributed by atoms with E-state index in [1.807, 2.05) is 0 Å². The van der Waals surface area contributed by atoms with Crippen LogP contribution >= 0.6 is 0 Å². The van der Waals surface area contributed by atoms with E-state index in [4.69, 9.17) is 0 Å². The second kappa shape index (κ2) is 4.53. The van der Waals surface area contributed by atoms with Gasteiger partial charge < -0.3 is 0 Å². The summed E-state index contributed by atoms with van der Waals surface area (Å²) in [6, 6.07) is 0. The van der Waals surface area contributed by atoms with Gasteiger partial charge in [0.1, 0.15) is 19.8 Å². The lowest BCUT2D eigenvalue weighted by Gasteiger charge is -2.23. The molecule has 0 aliphatic heterocycles. The summed E-state index contributed by atoms with van der Waals surface area (Å²) in [7, 11) is 2.15. The highest BCUT2D eigenvalue weighted by Gasteiger charge is 2.16. The van der Waals surface area contributed by atoms with Crippen LogP contribution in [0.1, 0.15) is 39.0 Å². The minimum Gasteiger partial charge on any atom is -0.243 e. The van der Waals surface area contributed by atoms with E-state index >= 15 is 0 Å². The molecule has 1 rings (SSSR count). The maximum Gasteiger partial charge on any atom is 0.139 e. The topological polar surface area (TPSA) is 3.01 Å². The quantitative estimate of drug-likeness (QED) is 0.432. The van der Waals surface area contributed by atoms with E-state index in [-0.39, 0.29) is 0 Å². The Labute approximate surface area is 70.1 Å². The van der Waals surface area contributed by atoms with E-state index in [0.717, 1.165) is 12.5 Å². The highest BCUT2D eigenvalue weighted by atomic mass is 14.9.